The maximum absolute atomic E-state index is 13.8. The molecule has 28 nitrogen and oxygen atoms in total. The number of hydrogen-bond acceptors (Lipinski definition) is 18. The van der Waals surface area contributed by atoms with E-state index in [0.29, 0.717) is 24.3 Å². The first-order valence-corrected chi connectivity index (χ1v) is 30.8. The Labute approximate surface area is 526 Å². The van der Waals surface area contributed by atoms with Gasteiger partial charge in [-0.1, -0.05) is 80.4 Å². The number of nitrogens with one attached hydrogen (secondary N) is 8. The largest absolute Gasteiger partial charge is 0.494 e. The molecule has 90 heavy (non-hydrogen) atoms. The minimum absolute atomic E-state index is 0.00522. The molecule has 2 rings (SSSR count). The molecule has 0 aliphatic heterocycles. The number of esters is 2. The third-order valence-electron chi connectivity index (χ3n) is 14.8. The third-order valence-corrected chi connectivity index (χ3v) is 14.8. The van der Waals surface area contributed by atoms with Gasteiger partial charge in [-0.3, -0.25) is 47.9 Å². The lowest BCUT2D eigenvalue weighted by atomic mass is 9.96. The molecule has 8 unspecified atom stereocenters. The summed E-state index contributed by atoms with van der Waals surface area (Å²) in [5.41, 5.74) is 10.8. The highest BCUT2D eigenvalue weighted by Crippen LogP contribution is 2.26. The minimum atomic E-state index is -1.29. The molecule has 2 aromatic carbocycles. The van der Waals surface area contributed by atoms with Crippen LogP contribution in [0.1, 0.15) is 145 Å². The van der Waals surface area contributed by atoms with E-state index in [1.807, 2.05) is 39.8 Å². The number of benzene rings is 2. The van der Waals surface area contributed by atoms with Crippen molar-refractivity contribution in [1.82, 2.24) is 42.5 Å². The number of hydrogen-bond donors (Lipinski definition) is 12. The van der Waals surface area contributed by atoms with Crippen molar-refractivity contribution in [3.8, 4) is 11.5 Å². The first-order valence-electron chi connectivity index (χ1n) is 30.8. The zero-order valence-corrected chi connectivity index (χ0v) is 53.7. The Balaban J connectivity index is 2.07. The fourth-order valence-electron chi connectivity index (χ4n) is 9.30. The van der Waals surface area contributed by atoms with Crippen molar-refractivity contribution >= 4 is 81.8 Å². The van der Waals surface area contributed by atoms with Crippen LogP contribution in [0.4, 0.5) is 0 Å². The fourth-order valence-corrected chi connectivity index (χ4v) is 9.30. The van der Waals surface area contributed by atoms with Gasteiger partial charge in [-0.25, -0.2) is 9.59 Å². The summed E-state index contributed by atoms with van der Waals surface area (Å²) in [5, 5.41) is 42.0. The van der Waals surface area contributed by atoms with Crippen molar-refractivity contribution in [3.05, 3.63) is 36.4 Å². The summed E-state index contributed by atoms with van der Waals surface area (Å²) in [4.78, 5) is 157. The Morgan fingerprint density at radius 2 is 0.767 bits per heavy atom. The van der Waals surface area contributed by atoms with Gasteiger partial charge in [-0.05, 0) is 110 Å². The van der Waals surface area contributed by atoms with E-state index in [2.05, 4.69) is 42.5 Å². The number of primary amides is 2. The van der Waals surface area contributed by atoms with Crippen LogP contribution in [0.15, 0.2) is 36.4 Å². The van der Waals surface area contributed by atoms with Gasteiger partial charge in [-0.2, -0.15) is 0 Å². The number of fused-ring (bicyclic) bond motifs is 1. The molecule has 10 amide bonds. The van der Waals surface area contributed by atoms with Crippen LogP contribution < -0.4 is 63.5 Å². The number of methoxy groups -OCH3 is 2. The Kier molecular flexibility index (Phi) is 35.7. The van der Waals surface area contributed by atoms with Gasteiger partial charge in [0.05, 0.1) is 27.4 Å². The lowest BCUT2D eigenvalue weighted by molar-refractivity contribution is -0.146. The molecule has 0 aliphatic rings. The fraction of sp³-hybridized carbons (Fsp3) is 0.645. The number of amides is 10. The summed E-state index contributed by atoms with van der Waals surface area (Å²) in [6.07, 6.45) is 0.132. The summed E-state index contributed by atoms with van der Waals surface area (Å²) >= 11 is 0. The molecule has 0 saturated heterocycles. The summed E-state index contributed by atoms with van der Waals surface area (Å²) in [5.74, 6) is -8.61. The second-order valence-electron chi connectivity index (χ2n) is 23.1. The van der Waals surface area contributed by atoms with E-state index in [0.717, 1.165) is 10.8 Å². The van der Waals surface area contributed by atoms with E-state index in [1.54, 1.807) is 52.0 Å². The molecule has 2 aromatic rings. The molecule has 0 aromatic heterocycles. The first kappa shape index (κ1) is 78.0. The van der Waals surface area contributed by atoms with Crippen molar-refractivity contribution < 1.29 is 86.7 Å². The van der Waals surface area contributed by atoms with Crippen LogP contribution in [-0.2, 0) is 67.0 Å². The van der Waals surface area contributed by atoms with E-state index >= 15 is 0 Å². The van der Waals surface area contributed by atoms with E-state index in [9.17, 15) is 67.7 Å². The normalized spacial score (nSPS) is 14.5. The molecule has 504 valence electrons. The van der Waals surface area contributed by atoms with E-state index in [4.69, 9.17) is 30.4 Å². The predicted molar refractivity (Wildman–Crippen MR) is 331 cm³/mol. The molecule has 0 spiro atoms. The van der Waals surface area contributed by atoms with Gasteiger partial charge in [0.25, 0.3) is 0 Å². The van der Waals surface area contributed by atoms with Crippen molar-refractivity contribution in [2.24, 2.45) is 35.1 Å². The SMILES string of the molecule is CCC(C)C(NC(=O)C(CCC(N)=O)NC(=O)CCCOc1ccc2ccc(OCCCC(=O)NC(CCC(N)=O)C(=O)NC(C(=O)NC(CCO)C(=O)N[C@@H](CC(C)C)C(=O)OC)C(C)CC)cc2c1)C(=O)NC(CCO)C(=O)N[C@@H](CC(C)C)C(=O)OC. The van der Waals surface area contributed by atoms with Crippen LogP contribution in [-0.4, -0.2) is 170 Å². The maximum Gasteiger partial charge on any atom is 0.328 e. The molecule has 14 N–H and O–H groups in total. The lowest BCUT2D eigenvalue weighted by Crippen LogP contribution is -2.59. The number of aliphatic hydroxyl groups is 2. The minimum Gasteiger partial charge on any atom is -0.494 e. The summed E-state index contributed by atoms with van der Waals surface area (Å²) in [6, 6.07) is 1.01. The Hall–Kier alpha value is -8.14. The van der Waals surface area contributed by atoms with Crippen molar-refractivity contribution in [3.63, 3.8) is 0 Å². The quantitative estimate of drug-likeness (QED) is 0.0323. The molecule has 0 bridgehead atoms. The zero-order valence-electron chi connectivity index (χ0n) is 53.7. The molecule has 0 radical (unpaired) electrons. The second-order valence-corrected chi connectivity index (χ2v) is 23.1. The molecular weight excluding hydrogens is 1170 g/mol. The number of ether oxygens (including phenoxy) is 4. The van der Waals surface area contributed by atoms with Gasteiger partial charge >= 0.3 is 11.9 Å². The summed E-state index contributed by atoms with van der Waals surface area (Å²) in [7, 11) is 2.36. The highest BCUT2D eigenvalue weighted by Gasteiger charge is 2.36. The van der Waals surface area contributed by atoms with Gasteiger partial charge < -0.3 is 83.2 Å². The van der Waals surface area contributed by atoms with Crippen LogP contribution in [0.3, 0.4) is 0 Å². The predicted octanol–water partition coefficient (Wildman–Crippen LogP) is 0.862. The smallest absolute Gasteiger partial charge is 0.328 e. The molecule has 28 heteroatoms. The lowest BCUT2D eigenvalue weighted by Gasteiger charge is -2.29. The van der Waals surface area contributed by atoms with Gasteiger partial charge in [0.2, 0.25) is 59.1 Å². The molecule has 0 heterocycles. The number of carbonyl (C=O) groups excluding carboxylic acids is 12. The van der Waals surface area contributed by atoms with Gasteiger partial charge in [0.15, 0.2) is 0 Å². The van der Waals surface area contributed by atoms with Crippen LogP contribution >= 0.6 is 0 Å². The van der Waals surface area contributed by atoms with Crippen LogP contribution in [0.2, 0.25) is 0 Å². The van der Waals surface area contributed by atoms with E-state index in [-0.39, 0.29) is 102 Å². The first-order chi connectivity index (χ1) is 42.6. The second kappa shape index (κ2) is 41.2. The highest BCUT2D eigenvalue weighted by atomic mass is 16.5. The van der Waals surface area contributed by atoms with Crippen LogP contribution in [0.25, 0.3) is 10.8 Å². The van der Waals surface area contributed by atoms with E-state index in [1.165, 1.54) is 14.2 Å². The summed E-state index contributed by atoms with van der Waals surface area (Å²) in [6.45, 7) is 13.5. The highest BCUT2D eigenvalue weighted by molar-refractivity contribution is 5.97. The van der Waals surface area contributed by atoms with Crippen molar-refractivity contribution in [2.75, 3.05) is 40.6 Å². The standard InChI is InChI=1S/C62H98N10O18/c1-11-37(7)53(59(83)67-45(25-27-73)55(79)69-47(31-35(3)4)61(85)87-9)71-57(81)43(21-23-49(63)75)65-51(77)15-13-29-89-41-19-17-39-18-20-42(34-40(39)33-41)90-30-14-16-52(78)66-44(22-24-50(64)76)58(82)72-54(38(8)12-2)60(84)68-46(26-28-74)56(80)70-48(32-36(5)6)62(86)88-10/h17-20,33-38,43-48,53-54,73-74H,11-16,21-32H2,1-10H3,(H2,63,75)(H2,64,76)(H,65,77)(H,66,78)(H,67,83)(H,68,84)(H,69,79)(H,70,80)(H,71,81)(H,72,82)/t37?,38?,43?,44?,45?,46?,47-,48-,53?,54?/m0/s1. The molecule has 10 atom stereocenters. The van der Waals surface area contributed by atoms with Gasteiger partial charge in [-0.15, -0.1) is 0 Å². The zero-order chi connectivity index (χ0) is 67.6. The number of nitrogens with two attached hydrogens (primary N) is 2. The maximum atomic E-state index is 13.8. The number of rotatable bonds is 44. The van der Waals surface area contributed by atoms with Crippen molar-refractivity contribution in [1.29, 1.82) is 0 Å². The van der Waals surface area contributed by atoms with Crippen molar-refractivity contribution in [2.45, 2.75) is 194 Å². The third kappa shape index (κ3) is 28.6. The topological polar surface area (TPSA) is 430 Å². The van der Waals surface area contributed by atoms with Gasteiger partial charge in [0, 0.05) is 38.9 Å². The van der Waals surface area contributed by atoms with E-state index < -0.39 is 144 Å². The average molecular weight is 1270 g/mol. The Morgan fingerprint density at radius 3 is 1.08 bits per heavy atom. The van der Waals surface area contributed by atoms with Gasteiger partial charge in [0.1, 0.15) is 59.8 Å². The van der Waals surface area contributed by atoms with Crippen LogP contribution in [0.5, 0.6) is 11.5 Å². The Morgan fingerprint density at radius 1 is 0.433 bits per heavy atom. The molecule has 0 aliphatic carbocycles. The Bertz CT molecular complexity index is 2540. The average Bonchev–Trinajstić information content (AvgIpc) is 2.25. The molecule has 0 saturated carbocycles. The monoisotopic (exact) mass is 1270 g/mol. The molecular formula is C62H98N10O18. The van der Waals surface area contributed by atoms with Crippen LogP contribution in [0, 0.1) is 23.7 Å². The number of aliphatic hydroxyl groups excluding tert-OH is 2. The summed E-state index contributed by atoms with van der Waals surface area (Å²) < 4.78 is 21.6. The molecule has 0 fully saturated rings. The number of carbonyl (C=O) groups is 12.